The molecular formula is C15H18N+. The molecule has 0 saturated heterocycles. The van der Waals surface area contributed by atoms with E-state index in [4.69, 9.17) is 0 Å². The Labute approximate surface area is 97.4 Å². The van der Waals surface area contributed by atoms with Crippen molar-refractivity contribution < 1.29 is 4.57 Å². The number of rotatable bonds is 4. The van der Waals surface area contributed by atoms with Crippen LogP contribution in [0.15, 0.2) is 54.9 Å². The summed E-state index contributed by atoms with van der Waals surface area (Å²) in [5.41, 5.74) is 2.79. The summed E-state index contributed by atoms with van der Waals surface area (Å²) in [6.07, 6.45) is 6.59. The van der Waals surface area contributed by atoms with Crippen molar-refractivity contribution in [3.05, 3.63) is 66.0 Å². The maximum Gasteiger partial charge on any atom is 0.168 e. The Morgan fingerprint density at radius 2 is 1.81 bits per heavy atom. The fraction of sp³-hybridized carbons (Fsp3) is 0.267. The van der Waals surface area contributed by atoms with E-state index < -0.39 is 0 Å². The summed E-state index contributed by atoms with van der Waals surface area (Å²) in [5, 5.41) is 0. The number of nitrogens with zero attached hydrogens (tertiary/aromatic N) is 1. The van der Waals surface area contributed by atoms with E-state index in [1.54, 1.807) is 0 Å². The Balaban J connectivity index is 1.85. The first-order chi connectivity index (χ1) is 7.84. The topological polar surface area (TPSA) is 3.88 Å². The Bertz CT molecular complexity index is 434. The quantitative estimate of drug-likeness (QED) is 0.686. The molecule has 2 rings (SSSR count). The molecule has 0 unspecified atom stereocenters. The highest BCUT2D eigenvalue weighted by Crippen LogP contribution is 2.06. The van der Waals surface area contributed by atoms with Crippen LogP contribution in [0.4, 0.5) is 0 Å². The Hall–Kier alpha value is -1.63. The molecular weight excluding hydrogens is 194 g/mol. The molecule has 1 aromatic carbocycles. The van der Waals surface area contributed by atoms with E-state index in [9.17, 15) is 0 Å². The van der Waals surface area contributed by atoms with Gasteiger partial charge in [0, 0.05) is 18.6 Å². The standard InChI is InChI=1S/C15H18N/c1-14-7-5-8-15(13-14)9-6-12-16-10-3-2-4-11-16/h2-5,7-8,10-11,13H,6,9,12H2,1H3/q+1. The number of hydrogen-bond donors (Lipinski definition) is 0. The summed E-state index contributed by atoms with van der Waals surface area (Å²) in [4.78, 5) is 0. The van der Waals surface area contributed by atoms with E-state index in [2.05, 4.69) is 66.3 Å². The minimum atomic E-state index is 1.09. The third-order valence-electron chi connectivity index (χ3n) is 2.74. The predicted molar refractivity (Wildman–Crippen MR) is 66.1 cm³/mol. The highest BCUT2D eigenvalue weighted by Gasteiger charge is 1.99. The fourth-order valence-electron chi connectivity index (χ4n) is 1.92. The van der Waals surface area contributed by atoms with Gasteiger partial charge in [-0.2, -0.15) is 0 Å². The SMILES string of the molecule is Cc1cccc(CCC[n+]2ccccc2)c1. The van der Waals surface area contributed by atoms with Gasteiger partial charge in [0.2, 0.25) is 0 Å². The van der Waals surface area contributed by atoms with Gasteiger partial charge in [-0.25, -0.2) is 4.57 Å². The van der Waals surface area contributed by atoms with Gasteiger partial charge in [-0.3, -0.25) is 0 Å². The van der Waals surface area contributed by atoms with Crippen molar-refractivity contribution in [2.45, 2.75) is 26.3 Å². The largest absolute Gasteiger partial charge is 0.205 e. The molecule has 2 aromatic rings. The molecule has 0 aliphatic rings. The minimum Gasteiger partial charge on any atom is -0.205 e. The molecule has 0 saturated carbocycles. The normalized spacial score (nSPS) is 10.3. The molecule has 0 aliphatic carbocycles. The second kappa shape index (κ2) is 5.45. The maximum absolute atomic E-state index is 2.27. The smallest absolute Gasteiger partial charge is 0.168 e. The van der Waals surface area contributed by atoms with Crippen LogP contribution in [0.1, 0.15) is 17.5 Å². The molecule has 1 nitrogen and oxygen atoms in total. The number of benzene rings is 1. The molecule has 0 amide bonds. The van der Waals surface area contributed by atoms with Crippen molar-refractivity contribution >= 4 is 0 Å². The summed E-state index contributed by atoms with van der Waals surface area (Å²) in [7, 11) is 0. The fourth-order valence-corrected chi connectivity index (χ4v) is 1.92. The summed E-state index contributed by atoms with van der Waals surface area (Å²) in [6, 6.07) is 15.0. The molecule has 1 aromatic heterocycles. The van der Waals surface area contributed by atoms with E-state index >= 15 is 0 Å². The van der Waals surface area contributed by atoms with E-state index in [-0.39, 0.29) is 0 Å². The van der Waals surface area contributed by atoms with E-state index in [1.165, 1.54) is 17.5 Å². The Morgan fingerprint density at radius 1 is 1.00 bits per heavy atom. The molecule has 1 heterocycles. The van der Waals surface area contributed by atoms with Crippen LogP contribution < -0.4 is 4.57 Å². The van der Waals surface area contributed by atoms with Crippen LogP contribution in [0.25, 0.3) is 0 Å². The predicted octanol–water partition coefficient (Wildman–Crippen LogP) is 2.92. The van der Waals surface area contributed by atoms with Crippen LogP contribution in [-0.4, -0.2) is 0 Å². The third kappa shape index (κ3) is 3.20. The Morgan fingerprint density at radius 3 is 2.56 bits per heavy atom. The highest BCUT2D eigenvalue weighted by molar-refractivity contribution is 5.22. The highest BCUT2D eigenvalue weighted by atomic mass is 14.9. The number of hydrogen-bond acceptors (Lipinski definition) is 0. The first kappa shape index (κ1) is 10.9. The molecule has 0 spiro atoms. The molecule has 0 aliphatic heterocycles. The van der Waals surface area contributed by atoms with Gasteiger partial charge < -0.3 is 0 Å². The van der Waals surface area contributed by atoms with Crippen LogP contribution in [0.3, 0.4) is 0 Å². The first-order valence-corrected chi connectivity index (χ1v) is 5.84. The van der Waals surface area contributed by atoms with Crippen molar-refractivity contribution in [2.24, 2.45) is 0 Å². The zero-order valence-corrected chi connectivity index (χ0v) is 9.76. The van der Waals surface area contributed by atoms with Gasteiger partial charge in [0.15, 0.2) is 12.4 Å². The van der Waals surface area contributed by atoms with Crippen LogP contribution in [-0.2, 0) is 13.0 Å². The molecule has 0 radical (unpaired) electrons. The van der Waals surface area contributed by atoms with Crippen molar-refractivity contribution in [1.29, 1.82) is 0 Å². The molecule has 16 heavy (non-hydrogen) atoms. The number of aromatic nitrogens is 1. The second-order valence-electron chi connectivity index (χ2n) is 4.21. The van der Waals surface area contributed by atoms with Gasteiger partial charge in [0.05, 0.1) is 0 Å². The molecule has 0 bridgehead atoms. The molecule has 0 N–H and O–H groups in total. The van der Waals surface area contributed by atoms with Crippen LogP contribution in [0.5, 0.6) is 0 Å². The summed E-state index contributed by atoms with van der Waals surface area (Å²) in [6.45, 7) is 3.24. The molecule has 0 atom stereocenters. The number of pyridine rings is 1. The number of aryl methyl sites for hydroxylation is 3. The minimum absolute atomic E-state index is 1.09. The maximum atomic E-state index is 2.27. The van der Waals surface area contributed by atoms with Crippen molar-refractivity contribution in [2.75, 3.05) is 0 Å². The zero-order chi connectivity index (χ0) is 11.2. The first-order valence-electron chi connectivity index (χ1n) is 5.84. The van der Waals surface area contributed by atoms with Gasteiger partial charge in [-0.1, -0.05) is 35.9 Å². The monoisotopic (exact) mass is 212 g/mol. The lowest BCUT2D eigenvalue weighted by molar-refractivity contribution is -0.697. The molecule has 82 valence electrons. The van der Waals surface area contributed by atoms with Gasteiger partial charge >= 0.3 is 0 Å². The lowest BCUT2D eigenvalue weighted by atomic mass is 10.1. The van der Waals surface area contributed by atoms with Gasteiger partial charge in [-0.15, -0.1) is 0 Å². The Kier molecular flexibility index (Phi) is 3.71. The van der Waals surface area contributed by atoms with Gasteiger partial charge in [-0.05, 0) is 18.9 Å². The lowest BCUT2D eigenvalue weighted by Crippen LogP contribution is -2.32. The summed E-state index contributed by atoms with van der Waals surface area (Å²) in [5.74, 6) is 0. The second-order valence-corrected chi connectivity index (χ2v) is 4.21. The van der Waals surface area contributed by atoms with Crippen molar-refractivity contribution in [1.82, 2.24) is 0 Å². The van der Waals surface area contributed by atoms with Crippen LogP contribution in [0.2, 0.25) is 0 Å². The molecule has 0 fully saturated rings. The van der Waals surface area contributed by atoms with Crippen molar-refractivity contribution in [3.63, 3.8) is 0 Å². The summed E-state index contributed by atoms with van der Waals surface area (Å²) < 4.78 is 2.23. The van der Waals surface area contributed by atoms with Gasteiger partial charge in [0.25, 0.3) is 0 Å². The lowest BCUT2D eigenvalue weighted by Gasteiger charge is -2.00. The zero-order valence-electron chi connectivity index (χ0n) is 9.76. The third-order valence-corrected chi connectivity index (χ3v) is 2.74. The average Bonchev–Trinajstić information content (AvgIpc) is 2.30. The summed E-state index contributed by atoms with van der Waals surface area (Å²) >= 11 is 0. The van der Waals surface area contributed by atoms with Crippen LogP contribution in [0, 0.1) is 6.92 Å². The van der Waals surface area contributed by atoms with Crippen molar-refractivity contribution in [3.8, 4) is 0 Å². The van der Waals surface area contributed by atoms with E-state index in [0.717, 1.165) is 13.0 Å². The average molecular weight is 212 g/mol. The van der Waals surface area contributed by atoms with E-state index in [0.29, 0.717) is 0 Å². The van der Waals surface area contributed by atoms with E-state index in [1.807, 2.05) is 0 Å². The van der Waals surface area contributed by atoms with Crippen LogP contribution >= 0.6 is 0 Å². The van der Waals surface area contributed by atoms with Gasteiger partial charge in [0.1, 0.15) is 6.54 Å². The molecule has 1 heteroatoms.